The number of aliphatic hydroxyl groups is 1. The fraction of sp³-hybridized carbons (Fsp3) is 0.621. The van der Waals surface area contributed by atoms with Crippen LogP contribution in [0.15, 0.2) is 64.9 Å². The number of hydrogen-bond acceptors (Lipinski definition) is 3. The highest BCUT2D eigenvalue weighted by Crippen LogP contribution is 2.57. The first kappa shape index (κ1) is 24.8. The minimum Gasteiger partial charge on any atom is -0.393 e. The SMILES string of the molecule is C=CCO/N=C(/C)CCC[C@@H](C)C1=CC[C@H]2/C(=C/C=C3/C[C@@H](O)CCC3=C)CCC[C@]12C. The Morgan fingerprint density at radius 3 is 2.97 bits per heavy atom. The minimum atomic E-state index is -0.204. The maximum Gasteiger partial charge on any atom is 0.135 e. The highest BCUT2D eigenvalue weighted by molar-refractivity contribution is 5.81. The quantitative estimate of drug-likeness (QED) is 0.176. The summed E-state index contributed by atoms with van der Waals surface area (Å²) in [6.07, 6.45) is 19.5. The van der Waals surface area contributed by atoms with Crippen molar-refractivity contribution in [2.24, 2.45) is 22.4 Å². The van der Waals surface area contributed by atoms with Gasteiger partial charge >= 0.3 is 0 Å². The molecule has 0 aliphatic heterocycles. The van der Waals surface area contributed by atoms with Crippen molar-refractivity contribution in [3.63, 3.8) is 0 Å². The van der Waals surface area contributed by atoms with Crippen LogP contribution >= 0.6 is 0 Å². The lowest BCUT2D eigenvalue weighted by molar-refractivity contribution is 0.158. The van der Waals surface area contributed by atoms with Crippen LogP contribution < -0.4 is 0 Å². The highest BCUT2D eigenvalue weighted by Gasteiger charge is 2.45. The number of fused-ring (bicyclic) bond motifs is 1. The van der Waals surface area contributed by atoms with E-state index in [1.165, 1.54) is 43.3 Å². The van der Waals surface area contributed by atoms with E-state index in [1.807, 2.05) is 6.92 Å². The Balaban J connectivity index is 1.61. The Hall–Kier alpha value is -1.87. The molecule has 0 spiro atoms. The van der Waals surface area contributed by atoms with Crippen LogP contribution in [0, 0.1) is 17.3 Å². The van der Waals surface area contributed by atoms with Crippen LogP contribution in [0.2, 0.25) is 0 Å². The smallest absolute Gasteiger partial charge is 0.135 e. The number of nitrogens with zero attached hydrogens (tertiary/aromatic N) is 1. The van der Waals surface area contributed by atoms with E-state index < -0.39 is 0 Å². The highest BCUT2D eigenvalue weighted by atomic mass is 16.6. The normalized spacial score (nSPS) is 32.1. The molecule has 2 saturated carbocycles. The van der Waals surface area contributed by atoms with Gasteiger partial charge in [0.05, 0.1) is 11.8 Å². The molecule has 4 atom stereocenters. The summed E-state index contributed by atoms with van der Waals surface area (Å²) in [4.78, 5) is 5.21. The summed E-state index contributed by atoms with van der Waals surface area (Å²) in [5.41, 5.74) is 7.08. The Labute approximate surface area is 195 Å². The molecule has 2 fully saturated rings. The molecular weight excluding hydrogens is 394 g/mol. The summed E-state index contributed by atoms with van der Waals surface area (Å²) >= 11 is 0. The number of oxime groups is 1. The van der Waals surface area contributed by atoms with Crippen molar-refractivity contribution < 1.29 is 9.94 Å². The molecule has 3 nitrogen and oxygen atoms in total. The lowest BCUT2D eigenvalue weighted by Crippen LogP contribution is -2.32. The van der Waals surface area contributed by atoms with Crippen molar-refractivity contribution in [1.82, 2.24) is 0 Å². The molecule has 0 saturated heterocycles. The van der Waals surface area contributed by atoms with Crippen molar-refractivity contribution in [3.8, 4) is 0 Å². The molecular formula is C29H43NO2. The standard InChI is InChI=1S/C29H43NO2/c1-6-19-32-30-23(4)10-7-9-22(3)27-16-17-28-24(11-8-18-29(27,28)5)13-14-25-20-26(31)15-12-21(25)2/h6,13-14,16,22,26,28,31H,1-2,7-12,15,17-20H2,3-5H3/b24-13+,25-14-,30-23-/t22-,26+,28+,29-/m1/s1. The van der Waals surface area contributed by atoms with E-state index in [0.29, 0.717) is 23.9 Å². The summed E-state index contributed by atoms with van der Waals surface area (Å²) in [6.45, 7) is 15.3. The van der Waals surface area contributed by atoms with Crippen LogP contribution in [-0.4, -0.2) is 23.5 Å². The molecule has 32 heavy (non-hydrogen) atoms. The van der Waals surface area contributed by atoms with Gasteiger partial charge in [0.15, 0.2) is 0 Å². The molecule has 3 heteroatoms. The first-order valence-electron chi connectivity index (χ1n) is 12.6. The van der Waals surface area contributed by atoms with Crippen LogP contribution in [0.25, 0.3) is 0 Å². The Morgan fingerprint density at radius 1 is 1.38 bits per heavy atom. The second kappa shape index (κ2) is 11.3. The van der Waals surface area contributed by atoms with E-state index in [-0.39, 0.29) is 6.10 Å². The molecule has 3 aliphatic carbocycles. The lowest BCUT2D eigenvalue weighted by atomic mass is 9.62. The summed E-state index contributed by atoms with van der Waals surface area (Å²) in [7, 11) is 0. The molecule has 1 N–H and O–H groups in total. The second-order valence-electron chi connectivity index (χ2n) is 10.4. The van der Waals surface area contributed by atoms with Gasteiger partial charge in [-0.05, 0) is 94.0 Å². The number of aliphatic hydroxyl groups excluding tert-OH is 1. The van der Waals surface area contributed by atoms with E-state index in [2.05, 4.69) is 50.4 Å². The third kappa shape index (κ3) is 5.92. The van der Waals surface area contributed by atoms with Gasteiger partial charge in [-0.1, -0.05) is 73.2 Å². The van der Waals surface area contributed by atoms with Gasteiger partial charge in [0, 0.05) is 0 Å². The van der Waals surface area contributed by atoms with Gasteiger partial charge in [0.25, 0.3) is 0 Å². The third-order valence-corrected chi connectivity index (χ3v) is 7.92. The van der Waals surface area contributed by atoms with Crippen molar-refractivity contribution in [2.75, 3.05) is 6.61 Å². The zero-order valence-corrected chi connectivity index (χ0v) is 20.5. The van der Waals surface area contributed by atoms with Gasteiger partial charge in [0.1, 0.15) is 6.61 Å². The molecule has 176 valence electrons. The Bertz CT molecular complexity index is 815. The molecule has 3 rings (SSSR count). The first-order chi connectivity index (χ1) is 15.3. The van der Waals surface area contributed by atoms with E-state index in [1.54, 1.807) is 17.2 Å². The molecule has 0 aromatic heterocycles. The molecule has 0 heterocycles. The molecule has 0 amide bonds. The lowest BCUT2D eigenvalue weighted by Gasteiger charge is -2.42. The van der Waals surface area contributed by atoms with Crippen molar-refractivity contribution in [1.29, 1.82) is 0 Å². The second-order valence-corrected chi connectivity index (χ2v) is 10.4. The van der Waals surface area contributed by atoms with Gasteiger partial charge < -0.3 is 9.94 Å². The van der Waals surface area contributed by atoms with Crippen molar-refractivity contribution in [3.05, 3.63) is 59.8 Å². The zero-order valence-electron chi connectivity index (χ0n) is 20.5. The van der Waals surface area contributed by atoms with Gasteiger partial charge in [-0.15, -0.1) is 0 Å². The first-order valence-corrected chi connectivity index (χ1v) is 12.6. The van der Waals surface area contributed by atoms with Crippen molar-refractivity contribution >= 4 is 5.71 Å². The van der Waals surface area contributed by atoms with Crippen LogP contribution in [0.4, 0.5) is 0 Å². The minimum absolute atomic E-state index is 0.204. The van der Waals surface area contributed by atoms with E-state index >= 15 is 0 Å². The van der Waals surface area contributed by atoms with Crippen molar-refractivity contribution in [2.45, 2.75) is 91.1 Å². The molecule has 0 unspecified atom stereocenters. The maximum absolute atomic E-state index is 10.1. The molecule has 3 aliphatic rings. The topological polar surface area (TPSA) is 41.8 Å². The van der Waals surface area contributed by atoms with Crippen LogP contribution in [0.5, 0.6) is 0 Å². The number of hydrogen-bond donors (Lipinski definition) is 1. The van der Waals surface area contributed by atoms with Crippen LogP contribution in [-0.2, 0) is 4.84 Å². The Morgan fingerprint density at radius 2 is 2.19 bits per heavy atom. The number of rotatable bonds is 9. The summed E-state index contributed by atoms with van der Waals surface area (Å²) in [5.74, 6) is 1.24. The summed E-state index contributed by atoms with van der Waals surface area (Å²) in [6, 6.07) is 0. The predicted octanol–water partition coefficient (Wildman–Crippen LogP) is 7.46. The fourth-order valence-electron chi connectivity index (χ4n) is 6.08. The zero-order chi connectivity index (χ0) is 23.1. The summed E-state index contributed by atoms with van der Waals surface area (Å²) < 4.78 is 0. The summed E-state index contributed by atoms with van der Waals surface area (Å²) in [5, 5.41) is 14.2. The third-order valence-electron chi connectivity index (χ3n) is 7.92. The van der Waals surface area contributed by atoms with Gasteiger partial charge in [-0.3, -0.25) is 0 Å². The van der Waals surface area contributed by atoms with Gasteiger partial charge in [-0.2, -0.15) is 0 Å². The fourth-order valence-corrected chi connectivity index (χ4v) is 6.08. The molecule has 0 bridgehead atoms. The van der Waals surface area contributed by atoms with Gasteiger partial charge in [0.2, 0.25) is 0 Å². The van der Waals surface area contributed by atoms with E-state index in [9.17, 15) is 5.11 Å². The molecule has 0 radical (unpaired) electrons. The van der Waals surface area contributed by atoms with Crippen LogP contribution in [0.1, 0.15) is 85.0 Å². The predicted molar refractivity (Wildman–Crippen MR) is 136 cm³/mol. The van der Waals surface area contributed by atoms with E-state index in [0.717, 1.165) is 37.8 Å². The monoisotopic (exact) mass is 437 g/mol. The van der Waals surface area contributed by atoms with E-state index in [4.69, 9.17) is 4.84 Å². The maximum atomic E-state index is 10.1. The number of allylic oxidation sites excluding steroid dienone is 6. The van der Waals surface area contributed by atoms with Gasteiger partial charge in [-0.25, -0.2) is 0 Å². The molecule has 0 aromatic rings. The average molecular weight is 438 g/mol. The average Bonchev–Trinajstić information content (AvgIpc) is 3.12. The Kier molecular flexibility index (Phi) is 8.76. The molecule has 0 aromatic carbocycles. The largest absolute Gasteiger partial charge is 0.393 e. The van der Waals surface area contributed by atoms with Crippen LogP contribution in [0.3, 0.4) is 0 Å².